The molecule has 1 aromatic heterocycles. The minimum atomic E-state index is 0.577. The van der Waals surface area contributed by atoms with Crippen LogP contribution in [-0.4, -0.2) is 9.55 Å². The predicted octanol–water partition coefficient (Wildman–Crippen LogP) is 3.69. The third-order valence-corrected chi connectivity index (χ3v) is 4.23. The van der Waals surface area contributed by atoms with Crippen LogP contribution in [0.15, 0.2) is 18.2 Å². The SMILES string of the molecule is Cn1c(C2CCCC2)nc2cc(CCC#N)ccc21. The number of aromatic nitrogens is 2. The Morgan fingerprint density at radius 3 is 2.89 bits per heavy atom. The van der Waals surface area contributed by atoms with Gasteiger partial charge in [0, 0.05) is 19.4 Å². The Balaban J connectivity index is 1.97. The molecule has 1 aromatic carbocycles. The van der Waals surface area contributed by atoms with Crippen LogP contribution < -0.4 is 0 Å². The van der Waals surface area contributed by atoms with Gasteiger partial charge in [-0.05, 0) is 37.0 Å². The lowest BCUT2D eigenvalue weighted by Crippen LogP contribution is -2.02. The maximum Gasteiger partial charge on any atom is 0.112 e. The van der Waals surface area contributed by atoms with E-state index in [0.29, 0.717) is 12.3 Å². The van der Waals surface area contributed by atoms with Gasteiger partial charge < -0.3 is 4.57 Å². The number of rotatable bonds is 3. The van der Waals surface area contributed by atoms with Crippen molar-refractivity contribution in [1.29, 1.82) is 5.26 Å². The number of imidazole rings is 1. The highest BCUT2D eigenvalue weighted by Gasteiger charge is 2.22. The van der Waals surface area contributed by atoms with Crippen molar-refractivity contribution >= 4 is 11.0 Å². The Hall–Kier alpha value is -1.82. The average Bonchev–Trinajstić information content (AvgIpc) is 3.04. The van der Waals surface area contributed by atoms with Crippen molar-refractivity contribution in [2.24, 2.45) is 7.05 Å². The van der Waals surface area contributed by atoms with E-state index < -0.39 is 0 Å². The van der Waals surface area contributed by atoms with E-state index in [1.54, 1.807) is 0 Å². The summed E-state index contributed by atoms with van der Waals surface area (Å²) >= 11 is 0. The normalized spacial score (nSPS) is 16.0. The summed E-state index contributed by atoms with van der Waals surface area (Å²) in [6, 6.07) is 8.62. The second kappa shape index (κ2) is 5.05. The summed E-state index contributed by atoms with van der Waals surface area (Å²) < 4.78 is 2.25. The number of hydrogen-bond donors (Lipinski definition) is 0. The summed E-state index contributed by atoms with van der Waals surface area (Å²) in [4.78, 5) is 4.84. The van der Waals surface area contributed by atoms with Crippen LogP contribution in [0.1, 0.15) is 49.4 Å². The molecule has 0 amide bonds. The Kier molecular flexibility index (Phi) is 3.25. The maximum absolute atomic E-state index is 8.66. The molecule has 0 unspecified atom stereocenters. The van der Waals surface area contributed by atoms with Crippen LogP contribution in [0.3, 0.4) is 0 Å². The molecule has 1 aliphatic carbocycles. The smallest absolute Gasteiger partial charge is 0.112 e. The van der Waals surface area contributed by atoms with E-state index in [2.05, 4.69) is 35.9 Å². The fraction of sp³-hybridized carbons (Fsp3) is 0.500. The molecule has 0 aliphatic heterocycles. The van der Waals surface area contributed by atoms with Gasteiger partial charge in [-0.15, -0.1) is 0 Å². The fourth-order valence-corrected chi connectivity index (χ4v) is 3.17. The molecule has 1 fully saturated rings. The zero-order valence-electron chi connectivity index (χ0n) is 11.4. The Bertz CT molecular complexity index is 627. The molecule has 1 heterocycles. The zero-order valence-corrected chi connectivity index (χ0v) is 11.4. The number of nitriles is 1. The number of aryl methyl sites for hydroxylation is 2. The van der Waals surface area contributed by atoms with Crippen molar-refractivity contribution in [1.82, 2.24) is 9.55 Å². The Morgan fingerprint density at radius 1 is 1.37 bits per heavy atom. The summed E-state index contributed by atoms with van der Waals surface area (Å²) in [6.45, 7) is 0. The molecule has 0 saturated heterocycles. The summed E-state index contributed by atoms with van der Waals surface area (Å²) in [5, 5.41) is 8.66. The molecule has 0 atom stereocenters. The molecule has 3 rings (SSSR count). The molecule has 19 heavy (non-hydrogen) atoms. The van der Waals surface area contributed by atoms with Crippen molar-refractivity contribution < 1.29 is 0 Å². The van der Waals surface area contributed by atoms with Gasteiger partial charge in [-0.1, -0.05) is 18.9 Å². The van der Waals surface area contributed by atoms with E-state index in [0.717, 1.165) is 11.9 Å². The highest BCUT2D eigenvalue weighted by Crippen LogP contribution is 2.34. The molecule has 1 aliphatic rings. The van der Waals surface area contributed by atoms with Crippen molar-refractivity contribution in [2.75, 3.05) is 0 Å². The van der Waals surface area contributed by atoms with E-state index in [1.807, 2.05) is 0 Å². The second-order valence-electron chi connectivity index (χ2n) is 5.49. The molecule has 0 N–H and O–H groups in total. The minimum absolute atomic E-state index is 0.577. The Morgan fingerprint density at radius 2 is 2.16 bits per heavy atom. The van der Waals surface area contributed by atoms with Crippen molar-refractivity contribution in [3.8, 4) is 6.07 Å². The van der Waals surface area contributed by atoms with Gasteiger partial charge in [-0.25, -0.2) is 4.98 Å². The summed E-state index contributed by atoms with van der Waals surface area (Å²) in [7, 11) is 2.12. The van der Waals surface area contributed by atoms with Crippen molar-refractivity contribution in [2.45, 2.75) is 44.4 Å². The van der Waals surface area contributed by atoms with E-state index in [-0.39, 0.29) is 0 Å². The number of benzene rings is 1. The number of nitrogens with zero attached hydrogens (tertiary/aromatic N) is 3. The van der Waals surface area contributed by atoms with Crippen molar-refractivity contribution in [3.63, 3.8) is 0 Å². The van der Waals surface area contributed by atoms with E-state index >= 15 is 0 Å². The maximum atomic E-state index is 8.66. The van der Waals surface area contributed by atoms with Gasteiger partial charge in [0.15, 0.2) is 0 Å². The van der Waals surface area contributed by atoms with Gasteiger partial charge in [0.1, 0.15) is 5.82 Å². The lowest BCUT2D eigenvalue weighted by Gasteiger charge is -2.08. The predicted molar refractivity (Wildman–Crippen MR) is 75.9 cm³/mol. The first-order valence-electron chi connectivity index (χ1n) is 7.12. The molecule has 1 saturated carbocycles. The van der Waals surface area contributed by atoms with E-state index in [9.17, 15) is 0 Å². The van der Waals surface area contributed by atoms with Crippen LogP contribution in [-0.2, 0) is 13.5 Å². The van der Waals surface area contributed by atoms with Gasteiger partial charge in [-0.3, -0.25) is 0 Å². The highest BCUT2D eigenvalue weighted by atomic mass is 15.1. The van der Waals surface area contributed by atoms with Crippen LogP contribution in [0.2, 0.25) is 0 Å². The van der Waals surface area contributed by atoms with Crippen LogP contribution in [0.25, 0.3) is 11.0 Å². The lowest BCUT2D eigenvalue weighted by atomic mass is 10.1. The van der Waals surface area contributed by atoms with Crippen LogP contribution in [0.4, 0.5) is 0 Å². The monoisotopic (exact) mass is 253 g/mol. The summed E-state index contributed by atoms with van der Waals surface area (Å²) in [6.07, 6.45) is 6.62. The van der Waals surface area contributed by atoms with Gasteiger partial charge in [-0.2, -0.15) is 5.26 Å². The highest BCUT2D eigenvalue weighted by molar-refractivity contribution is 5.77. The van der Waals surface area contributed by atoms with E-state index in [4.69, 9.17) is 10.2 Å². The largest absolute Gasteiger partial charge is 0.331 e. The molecule has 98 valence electrons. The molecule has 3 nitrogen and oxygen atoms in total. The summed E-state index contributed by atoms with van der Waals surface area (Å²) in [5.41, 5.74) is 3.51. The first kappa shape index (κ1) is 12.2. The van der Waals surface area contributed by atoms with Crippen molar-refractivity contribution in [3.05, 3.63) is 29.6 Å². The lowest BCUT2D eigenvalue weighted by molar-refractivity contribution is 0.639. The molecular weight excluding hydrogens is 234 g/mol. The van der Waals surface area contributed by atoms with Gasteiger partial charge in [0.2, 0.25) is 0 Å². The Labute approximate surface area is 113 Å². The molecule has 3 heteroatoms. The third-order valence-electron chi connectivity index (χ3n) is 4.23. The molecular formula is C16H19N3. The fourth-order valence-electron chi connectivity index (χ4n) is 3.17. The van der Waals surface area contributed by atoms with Gasteiger partial charge in [0.25, 0.3) is 0 Å². The van der Waals surface area contributed by atoms with Gasteiger partial charge >= 0.3 is 0 Å². The second-order valence-corrected chi connectivity index (χ2v) is 5.49. The summed E-state index contributed by atoms with van der Waals surface area (Å²) in [5.74, 6) is 1.88. The van der Waals surface area contributed by atoms with E-state index in [1.165, 1.54) is 42.6 Å². The average molecular weight is 253 g/mol. The first-order chi connectivity index (χ1) is 9.29. The molecule has 2 aromatic rings. The zero-order chi connectivity index (χ0) is 13.2. The first-order valence-corrected chi connectivity index (χ1v) is 7.12. The minimum Gasteiger partial charge on any atom is -0.331 e. The number of hydrogen-bond acceptors (Lipinski definition) is 2. The van der Waals surface area contributed by atoms with Crippen LogP contribution in [0, 0.1) is 11.3 Å². The van der Waals surface area contributed by atoms with Crippen LogP contribution >= 0.6 is 0 Å². The van der Waals surface area contributed by atoms with Crippen LogP contribution in [0.5, 0.6) is 0 Å². The molecule has 0 bridgehead atoms. The quantitative estimate of drug-likeness (QED) is 0.837. The molecule has 0 spiro atoms. The van der Waals surface area contributed by atoms with Gasteiger partial charge in [0.05, 0.1) is 17.1 Å². The molecule has 0 radical (unpaired) electrons. The third kappa shape index (κ3) is 2.23. The number of fused-ring (bicyclic) bond motifs is 1. The standard InChI is InChI=1S/C16H19N3/c1-19-15-9-8-12(5-4-10-17)11-14(15)18-16(19)13-6-2-3-7-13/h8-9,11,13H,2-7H2,1H3. The topological polar surface area (TPSA) is 41.6 Å².